The van der Waals surface area contributed by atoms with Crippen molar-refractivity contribution in [3.05, 3.63) is 134 Å². The number of hydrogen-bond acceptors (Lipinski definition) is 25. The molecule has 0 saturated heterocycles. The standard InChI is InChI=1S/C18H13ClF3NO7.C15H16F3N5O4S.C14H10F4N4O7S.C5H12NO4P/c1-2-28-16(24)9-29-17(25)12-8-11(4-5-14(12)23(26)27)30-15-6-3-10(7-13(15)19)18(20,21)22;1-9-19-12(22-14(20-9)27-2)21-13(24)23-28(25,26)11-6-4-3-5-10(11)7-8-15(16,17)18;15-11(16)28-8-5-9(29-12(17)18)20-13(19-8)21-14(25)22-30(26,27)7-4-2-1-3-6(7)10(23)24;1-11(9,10)3-2-4(6)5(7)8/h3-8H,2,9H2,1H3;3-6H,7-8H2,1-2H3,(H2,19,20,21,22,23,24);1-5,11-12H,(H,23,24)(H2,19,20,21,22,25);4H,2-3,6H2,1H3,(H,7,8)(H,9,10). The van der Waals surface area contributed by atoms with E-state index in [4.69, 9.17) is 46.7 Å². The zero-order valence-electron chi connectivity index (χ0n) is 50.4. The van der Waals surface area contributed by atoms with E-state index in [1.807, 2.05) is 0 Å². The Balaban J connectivity index is 0.000000359. The van der Waals surface area contributed by atoms with Crippen LogP contribution in [0.2, 0.25) is 5.02 Å². The third kappa shape index (κ3) is 29.5. The van der Waals surface area contributed by atoms with E-state index in [1.54, 1.807) is 10.0 Å². The number of carbonyl (C=O) groups is 6. The van der Waals surface area contributed by atoms with E-state index in [2.05, 4.69) is 44.4 Å². The summed E-state index contributed by atoms with van der Waals surface area (Å²) in [7, 11) is -11.0. The highest BCUT2D eigenvalue weighted by Crippen LogP contribution is 2.38. The fourth-order valence-corrected chi connectivity index (χ4v) is 10.1. The number of nitrogens with zero attached hydrogens (tertiary/aromatic N) is 6. The van der Waals surface area contributed by atoms with Crippen LogP contribution in [0.15, 0.2) is 101 Å². The van der Waals surface area contributed by atoms with Gasteiger partial charge in [-0.1, -0.05) is 41.9 Å². The number of halogens is 11. The summed E-state index contributed by atoms with van der Waals surface area (Å²) >= 11 is 5.81. The molecule has 0 fully saturated rings. The van der Waals surface area contributed by atoms with Gasteiger partial charge in [0, 0.05) is 31.4 Å². The molecule has 0 saturated carbocycles. The van der Waals surface area contributed by atoms with Crippen molar-refractivity contribution in [2.75, 3.05) is 43.8 Å². The van der Waals surface area contributed by atoms with Crippen LogP contribution in [0, 0.1) is 17.0 Å². The highest BCUT2D eigenvalue weighted by Gasteiger charge is 2.33. The number of aliphatic carboxylic acids is 1. The van der Waals surface area contributed by atoms with Gasteiger partial charge in [-0.25, -0.2) is 50.3 Å². The summed E-state index contributed by atoms with van der Waals surface area (Å²) in [6, 6.07) is 11.4. The van der Waals surface area contributed by atoms with Crippen LogP contribution in [0.4, 0.5) is 71.1 Å². The van der Waals surface area contributed by atoms with Crippen molar-refractivity contribution >= 4 is 92.5 Å². The first-order valence-electron chi connectivity index (χ1n) is 26.5. The van der Waals surface area contributed by atoms with Gasteiger partial charge in [0.25, 0.3) is 25.7 Å². The van der Waals surface area contributed by atoms with Gasteiger partial charge in [0.05, 0.1) is 45.8 Å². The molecule has 4 amide bonds. The number of aryl methyl sites for hydroxylation is 2. The number of benzene rings is 4. The summed E-state index contributed by atoms with van der Waals surface area (Å²) in [6.07, 6.45) is -10.8. The highest BCUT2D eigenvalue weighted by atomic mass is 35.5. The minimum Gasteiger partial charge on any atom is -0.480 e. The van der Waals surface area contributed by atoms with E-state index < -0.39 is 169 Å². The Morgan fingerprint density at radius 1 is 0.747 bits per heavy atom. The zero-order chi connectivity index (χ0) is 75.0. The zero-order valence-corrected chi connectivity index (χ0v) is 53.7. The molecule has 99 heavy (non-hydrogen) atoms. The number of carbonyl (C=O) groups excluding carboxylic acids is 4. The predicted octanol–water partition coefficient (Wildman–Crippen LogP) is 8.55. The second kappa shape index (κ2) is 36.8. The van der Waals surface area contributed by atoms with Crippen molar-refractivity contribution in [3.8, 4) is 29.3 Å². The van der Waals surface area contributed by atoms with Crippen molar-refractivity contribution in [2.45, 2.75) is 74.5 Å². The van der Waals surface area contributed by atoms with Crippen molar-refractivity contribution < 1.29 is 143 Å². The maximum Gasteiger partial charge on any atom is 0.416 e. The average molecular weight is 1500 g/mol. The molecular weight excluding hydrogens is 1450 g/mol. The van der Waals surface area contributed by atoms with Crippen molar-refractivity contribution in [3.63, 3.8) is 0 Å². The Morgan fingerprint density at radius 2 is 1.29 bits per heavy atom. The Morgan fingerprint density at radius 3 is 1.79 bits per heavy atom. The number of rotatable bonds is 25. The Kier molecular flexibility index (Phi) is 30.8. The summed E-state index contributed by atoms with van der Waals surface area (Å²) in [5.74, 6) is -8.00. The van der Waals surface area contributed by atoms with Gasteiger partial charge in [-0.15, -0.1) is 0 Å². The topological polar surface area (TPSA) is 486 Å². The molecule has 2 unspecified atom stereocenters. The Bertz CT molecular complexity index is 4140. The maximum absolute atomic E-state index is 12.7. The summed E-state index contributed by atoms with van der Waals surface area (Å²) in [5.41, 5.74) is 2.22. The second-order valence-electron chi connectivity index (χ2n) is 18.5. The van der Waals surface area contributed by atoms with Gasteiger partial charge in [0.1, 0.15) is 33.8 Å². The molecule has 0 aliphatic heterocycles. The number of ether oxygens (including phenoxy) is 6. The number of alkyl halides is 10. The van der Waals surface area contributed by atoms with Crippen molar-refractivity contribution in [2.24, 2.45) is 5.73 Å². The SMILES string of the molecule is CCOC(=O)COC(=O)c1cc(Oc2ccc(C(F)(F)F)cc2Cl)ccc1[N+](=O)[O-].COc1nc(C)nc(NC(=O)NS(=O)(=O)c2ccccc2CCC(F)(F)F)n1.CP(=O)(O)CCC(N)C(=O)O.O=C(Nc1nc(OC(F)F)cc(OC(F)F)n1)NS(=O)(=O)c1ccccc1C(=O)O. The normalized spacial score (nSPS) is 12.2. The molecule has 540 valence electrons. The molecule has 6 rings (SSSR count). The van der Waals surface area contributed by atoms with E-state index in [1.165, 1.54) is 62.7 Å². The molecule has 0 bridgehead atoms. The van der Waals surface area contributed by atoms with E-state index in [0.29, 0.717) is 12.1 Å². The molecule has 4 aromatic carbocycles. The van der Waals surface area contributed by atoms with Gasteiger partial charge in [-0.2, -0.15) is 68.8 Å². The van der Waals surface area contributed by atoms with Crippen LogP contribution in [0.25, 0.3) is 0 Å². The molecule has 33 nitrogen and oxygen atoms in total. The molecule has 47 heteroatoms. The molecule has 0 aliphatic rings. The number of nitro groups is 1. The number of sulfonamides is 2. The van der Waals surface area contributed by atoms with Gasteiger partial charge in [0.2, 0.25) is 23.7 Å². The number of anilines is 2. The average Bonchev–Trinajstić information content (AvgIpc) is 0.823. The van der Waals surface area contributed by atoms with Crippen LogP contribution >= 0.6 is 19.0 Å². The Hall–Kier alpha value is -10.4. The molecule has 2 aromatic heterocycles. The minimum atomic E-state index is -4.71. The number of urea groups is 2. The number of aromatic carboxylic acids is 1. The third-order valence-corrected chi connectivity index (χ3v) is 15.1. The van der Waals surface area contributed by atoms with Crippen LogP contribution in [0.5, 0.6) is 29.3 Å². The number of methoxy groups -OCH3 is 1. The highest BCUT2D eigenvalue weighted by molar-refractivity contribution is 7.90. The molecule has 2 atom stereocenters. The number of amides is 4. The number of hydrogen-bond donors (Lipinski definition) is 8. The number of nitrogens with two attached hydrogens (primary N) is 1. The summed E-state index contributed by atoms with van der Waals surface area (Å²) in [4.78, 5) is 104. The van der Waals surface area contributed by atoms with Gasteiger partial charge >= 0.3 is 67.5 Å². The van der Waals surface area contributed by atoms with Crippen LogP contribution in [0.3, 0.4) is 0 Å². The summed E-state index contributed by atoms with van der Waals surface area (Å²) < 4.78 is 215. The van der Waals surface area contributed by atoms with Gasteiger partial charge < -0.3 is 49.3 Å². The Labute approximate surface area is 555 Å². The minimum absolute atomic E-state index is 0.0412. The molecule has 9 N–H and O–H groups in total. The first kappa shape index (κ1) is 82.9. The van der Waals surface area contributed by atoms with E-state index in [9.17, 15) is 104 Å². The molecule has 2 heterocycles. The first-order valence-corrected chi connectivity index (χ1v) is 32.1. The number of carboxylic acids is 2. The number of esters is 2. The molecule has 0 radical (unpaired) electrons. The number of nitrogens with one attached hydrogen (secondary N) is 4. The van der Waals surface area contributed by atoms with E-state index in [-0.39, 0.29) is 59.1 Å². The number of nitro benzene ring substituents is 1. The molecule has 0 spiro atoms. The van der Waals surface area contributed by atoms with Gasteiger partial charge in [-0.05, 0) is 74.7 Å². The molecule has 6 aromatic rings. The van der Waals surface area contributed by atoms with E-state index >= 15 is 0 Å². The van der Waals surface area contributed by atoms with Crippen LogP contribution in [-0.2, 0) is 56.3 Å². The number of aromatic nitrogens is 5. The predicted molar refractivity (Wildman–Crippen MR) is 317 cm³/mol. The quantitative estimate of drug-likeness (QED) is 0.00874. The molecular formula is C52H51ClF10N11O22PS2. The van der Waals surface area contributed by atoms with Gasteiger partial charge in [-0.3, -0.25) is 30.1 Å². The monoisotopic (exact) mass is 1500 g/mol. The number of carboxylic acid groups (broad SMARTS) is 2. The molecule has 0 aliphatic carbocycles. The maximum atomic E-state index is 12.7. The van der Waals surface area contributed by atoms with Crippen molar-refractivity contribution in [1.82, 2.24) is 34.4 Å². The smallest absolute Gasteiger partial charge is 0.416 e. The summed E-state index contributed by atoms with van der Waals surface area (Å²) in [5, 5.41) is 31.9. The van der Waals surface area contributed by atoms with Crippen LogP contribution in [-0.4, -0.2) is 156 Å². The largest absolute Gasteiger partial charge is 0.480 e. The third-order valence-electron chi connectivity index (χ3n) is 10.9. The van der Waals surface area contributed by atoms with Crippen LogP contribution in [0.1, 0.15) is 57.4 Å². The summed E-state index contributed by atoms with van der Waals surface area (Å²) in [6.45, 7) is -3.31. The lowest BCUT2D eigenvalue weighted by Gasteiger charge is -2.13. The second-order valence-corrected chi connectivity index (χ2v) is 24.8. The fraction of sp³-hybridized carbons (Fsp3) is 0.288. The van der Waals surface area contributed by atoms with Gasteiger partial charge in [0.15, 0.2) is 14.0 Å². The lowest BCUT2D eigenvalue weighted by atomic mass is 10.1. The van der Waals surface area contributed by atoms with Crippen molar-refractivity contribution in [1.29, 1.82) is 0 Å². The lowest BCUT2D eigenvalue weighted by Crippen LogP contribution is -2.35. The first-order chi connectivity index (χ1) is 45.8. The van der Waals surface area contributed by atoms with E-state index in [0.717, 1.165) is 48.5 Å². The fourth-order valence-electron chi connectivity index (χ4n) is 6.80. The lowest BCUT2D eigenvalue weighted by molar-refractivity contribution is -0.385. The van der Waals surface area contributed by atoms with Crippen LogP contribution < -0.4 is 44.8 Å².